The predicted octanol–water partition coefficient (Wildman–Crippen LogP) is 2.10. The van der Waals surface area contributed by atoms with E-state index in [1.165, 1.54) is 0 Å². The second kappa shape index (κ2) is 3.33. The second-order valence-electron chi connectivity index (χ2n) is 2.26. The van der Waals surface area contributed by atoms with Gasteiger partial charge in [0.05, 0.1) is 6.20 Å². The molecule has 2 aromatic heterocycles. The van der Waals surface area contributed by atoms with Crippen molar-refractivity contribution in [3.8, 4) is 0 Å². The van der Waals surface area contributed by atoms with Gasteiger partial charge < -0.3 is 5.73 Å². The molecule has 3 nitrogen and oxygen atoms in total. The third kappa shape index (κ3) is 1.40. The summed E-state index contributed by atoms with van der Waals surface area (Å²) in [4.78, 5) is 4.08. The van der Waals surface area contributed by atoms with Gasteiger partial charge in [0.25, 0.3) is 0 Å². The summed E-state index contributed by atoms with van der Waals surface area (Å²) in [6.45, 7) is 0. The molecule has 0 saturated heterocycles. The fourth-order valence-corrected chi connectivity index (χ4v) is 1.31. The first-order valence-corrected chi connectivity index (χ1v) is 3.95. The molecule has 0 amide bonds. The van der Waals surface area contributed by atoms with Gasteiger partial charge in [-0.15, -0.1) is 12.4 Å². The molecule has 0 unspecified atom stereocenters. The average Bonchev–Trinajstić information content (AvgIpc) is 2.33. The number of nitrogens with zero attached hydrogens (tertiary/aromatic N) is 2. The molecule has 2 aromatic rings. The summed E-state index contributed by atoms with van der Waals surface area (Å²) in [6, 6.07) is 3.84. The standard InChI is InChI=1S/C7H6BrN3.ClH/c8-5-1-2-7-10-3-6(9)11(7)4-5;/h1-4H,9H2;1H. The first-order chi connectivity index (χ1) is 5.27. The van der Waals surface area contributed by atoms with Crippen LogP contribution in [0.15, 0.2) is 29.0 Å². The predicted molar refractivity (Wildman–Crippen MR) is 54.6 cm³/mol. The number of pyridine rings is 1. The van der Waals surface area contributed by atoms with E-state index in [0.29, 0.717) is 5.82 Å². The van der Waals surface area contributed by atoms with Crippen LogP contribution >= 0.6 is 28.3 Å². The van der Waals surface area contributed by atoms with Crippen LogP contribution in [0.1, 0.15) is 0 Å². The van der Waals surface area contributed by atoms with Crippen molar-refractivity contribution in [3.63, 3.8) is 0 Å². The van der Waals surface area contributed by atoms with Crippen LogP contribution in [-0.2, 0) is 0 Å². The lowest BCUT2D eigenvalue weighted by molar-refractivity contribution is 1.18. The quantitative estimate of drug-likeness (QED) is 0.776. The molecular weight excluding hydrogens is 241 g/mol. The summed E-state index contributed by atoms with van der Waals surface area (Å²) >= 11 is 3.35. The SMILES string of the molecule is Cl.Nc1cnc2ccc(Br)cn12. The van der Waals surface area contributed by atoms with Gasteiger partial charge in [-0.3, -0.25) is 4.40 Å². The monoisotopic (exact) mass is 247 g/mol. The van der Waals surface area contributed by atoms with Crippen molar-refractivity contribution in [1.82, 2.24) is 9.38 Å². The molecule has 0 radical (unpaired) electrons. The third-order valence-corrected chi connectivity index (χ3v) is 1.97. The minimum Gasteiger partial charge on any atom is -0.383 e. The highest BCUT2D eigenvalue weighted by Gasteiger charge is 1.97. The molecule has 0 aliphatic carbocycles. The first-order valence-electron chi connectivity index (χ1n) is 3.15. The van der Waals surface area contributed by atoms with E-state index in [-0.39, 0.29) is 12.4 Å². The smallest absolute Gasteiger partial charge is 0.138 e. The van der Waals surface area contributed by atoms with Crippen molar-refractivity contribution in [2.24, 2.45) is 0 Å². The number of hydrogen-bond acceptors (Lipinski definition) is 2. The van der Waals surface area contributed by atoms with Crippen LogP contribution in [0.2, 0.25) is 0 Å². The molecule has 0 spiro atoms. The van der Waals surface area contributed by atoms with Crippen molar-refractivity contribution in [2.45, 2.75) is 0 Å². The van der Waals surface area contributed by atoms with E-state index in [2.05, 4.69) is 20.9 Å². The number of rotatable bonds is 0. The van der Waals surface area contributed by atoms with Crippen LogP contribution in [0.4, 0.5) is 5.82 Å². The van der Waals surface area contributed by atoms with Gasteiger partial charge in [0.2, 0.25) is 0 Å². The van der Waals surface area contributed by atoms with E-state index in [1.807, 2.05) is 22.7 Å². The molecular formula is C7H7BrClN3. The maximum atomic E-state index is 5.62. The molecule has 12 heavy (non-hydrogen) atoms. The summed E-state index contributed by atoms with van der Waals surface area (Å²) in [5, 5.41) is 0. The fourth-order valence-electron chi connectivity index (χ4n) is 0.973. The van der Waals surface area contributed by atoms with E-state index < -0.39 is 0 Å². The van der Waals surface area contributed by atoms with Crippen LogP contribution in [0.5, 0.6) is 0 Å². The number of nitrogen functional groups attached to an aromatic ring is 1. The van der Waals surface area contributed by atoms with Crippen LogP contribution in [0.3, 0.4) is 0 Å². The zero-order chi connectivity index (χ0) is 7.84. The van der Waals surface area contributed by atoms with Crippen LogP contribution in [0.25, 0.3) is 5.65 Å². The molecule has 2 rings (SSSR count). The number of aromatic nitrogens is 2. The molecule has 0 atom stereocenters. The number of halogens is 2. The van der Waals surface area contributed by atoms with Crippen molar-refractivity contribution in [1.29, 1.82) is 0 Å². The number of anilines is 1. The van der Waals surface area contributed by atoms with Gasteiger partial charge in [0.15, 0.2) is 0 Å². The molecule has 0 bridgehead atoms. The van der Waals surface area contributed by atoms with Crippen LogP contribution < -0.4 is 5.73 Å². The Balaban J connectivity index is 0.000000720. The first kappa shape index (κ1) is 9.35. The van der Waals surface area contributed by atoms with E-state index in [9.17, 15) is 0 Å². The van der Waals surface area contributed by atoms with Crippen LogP contribution in [0, 0.1) is 0 Å². The Morgan fingerprint density at radius 1 is 1.42 bits per heavy atom. The highest BCUT2D eigenvalue weighted by molar-refractivity contribution is 9.10. The Labute approximate surface area is 84.1 Å². The summed E-state index contributed by atoms with van der Waals surface area (Å²) in [5.41, 5.74) is 6.49. The lowest BCUT2D eigenvalue weighted by Gasteiger charge is -1.95. The summed E-state index contributed by atoms with van der Waals surface area (Å²) in [6.07, 6.45) is 3.53. The van der Waals surface area contributed by atoms with Gasteiger partial charge in [0.1, 0.15) is 11.5 Å². The van der Waals surface area contributed by atoms with Gasteiger partial charge in [-0.25, -0.2) is 4.98 Å². The minimum absolute atomic E-state index is 0. The molecule has 2 heterocycles. The number of hydrogen-bond donors (Lipinski definition) is 1. The van der Waals surface area contributed by atoms with E-state index in [0.717, 1.165) is 10.1 Å². The van der Waals surface area contributed by atoms with Gasteiger partial charge >= 0.3 is 0 Å². The minimum atomic E-state index is 0. The summed E-state index contributed by atoms with van der Waals surface area (Å²) < 4.78 is 2.82. The van der Waals surface area contributed by atoms with Gasteiger partial charge in [0, 0.05) is 10.7 Å². The average molecular weight is 249 g/mol. The Morgan fingerprint density at radius 2 is 2.17 bits per heavy atom. The normalized spacial score (nSPS) is 9.75. The molecule has 0 aromatic carbocycles. The zero-order valence-electron chi connectivity index (χ0n) is 6.07. The Morgan fingerprint density at radius 3 is 2.92 bits per heavy atom. The maximum Gasteiger partial charge on any atom is 0.138 e. The summed E-state index contributed by atoms with van der Waals surface area (Å²) in [5.74, 6) is 0.654. The zero-order valence-corrected chi connectivity index (χ0v) is 8.47. The van der Waals surface area contributed by atoms with Crippen molar-refractivity contribution >= 4 is 39.8 Å². The molecule has 0 saturated carbocycles. The Hall–Kier alpha value is -0.740. The van der Waals surface area contributed by atoms with Gasteiger partial charge in [-0.2, -0.15) is 0 Å². The lowest BCUT2D eigenvalue weighted by Crippen LogP contribution is -1.91. The fraction of sp³-hybridized carbons (Fsp3) is 0. The highest BCUT2D eigenvalue weighted by atomic mass is 79.9. The van der Waals surface area contributed by atoms with E-state index in [1.54, 1.807) is 6.20 Å². The number of imidazole rings is 1. The van der Waals surface area contributed by atoms with Crippen molar-refractivity contribution in [2.75, 3.05) is 5.73 Å². The largest absolute Gasteiger partial charge is 0.383 e. The maximum absolute atomic E-state index is 5.62. The topological polar surface area (TPSA) is 43.3 Å². The van der Waals surface area contributed by atoms with E-state index in [4.69, 9.17) is 5.73 Å². The Bertz CT molecular complexity index is 398. The number of nitrogens with two attached hydrogens (primary N) is 1. The van der Waals surface area contributed by atoms with Crippen molar-refractivity contribution in [3.05, 3.63) is 29.0 Å². The Kier molecular flexibility index (Phi) is 2.59. The van der Waals surface area contributed by atoms with Gasteiger partial charge in [-0.1, -0.05) is 0 Å². The molecule has 64 valence electrons. The molecule has 0 aliphatic heterocycles. The van der Waals surface area contributed by atoms with Crippen molar-refractivity contribution < 1.29 is 0 Å². The highest BCUT2D eigenvalue weighted by Crippen LogP contribution is 2.13. The van der Waals surface area contributed by atoms with Crippen LogP contribution in [-0.4, -0.2) is 9.38 Å². The third-order valence-electron chi connectivity index (χ3n) is 1.50. The summed E-state index contributed by atoms with van der Waals surface area (Å²) in [7, 11) is 0. The molecule has 5 heteroatoms. The number of fused-ring (bicyclic) bond motifs is 1. The van der Waals surface area contributed by atoms with E-state index >= 15 is 0 Å². The van der Waals surface area contributed by atoms with Gasteiger partial charge in [-0.05, 0) is 28.1 Å². The molecule has 0 aliphatic rings. The lowest BCUT2D eigenvalue weighted by atomic mass is 10.5. The second-order valence-corrected chi connectivity index (χ2v) is 3.17. The molecule has 0 fully saturated rings. The molecule has 2 N–H and O–H groups in total.